The number of rotatable bonds is 7. The van der Waals surface area contributed by atoms with Crippen molar-refractivity contribution in [3.8, 4) is 17.2 Å². The number of anilines is 1. The smallest absolute Gasteiger partial charge is 0.226 e. The lowest BCUT2D eigenvalue weighted by molar-refractivity contribution is 0.289. The molecule has 2 bridgehead atoms. The predicted molar refractivity (Wildman–Crippen MR) is 124 cm³/mol. The lowest BCUT2D eigenvalue weighted by Crippen LogP contribution is -2.38. The van der Waals surface area contributed by atoms with Gasteiger partial charge in [-0.15, -0.1) is 5.10 Å². The van der Waals surface area contributed by atoms with Crippen molar-refractivity contribution in [3.05, 3.63) is 47.8 Å². The van der Waals surface area contributed by atoms with Crippen LogP contribution < -0.4 is 24.8 Å². The number of methoxy groups -OCH3 is 3. The summed E-state index contributed by atoms with van der Waals surface area (Å²) >= 11 is 0. The molecule has 1 aliphatic carbocycles. The van der Waals surface area contributed by atoms with Crippen molar-refractivity contribution in [2.75, 3.05) is 33.2 Å². The van der Waals surface area contributed by atoms with Gasteiger partial charge < -0.3 is 24.8 Å². The van der Waals surface area contributed by atoms with Crippen molar-refractivity contribution >= 4 is 22.5 Å². The molecular weight excluding hydrogens is 420 g/mol. The Bertz CT molecular complexity index is 1360. The van der Waals surface area contributed by atoms with E-state index in [0.717, 1.165) is 58.8 Å². The van der Waals surface area contributed by atoms with E-state index in [0.29, 0.717) is 24.3 Å². The molecule has 4 aromatic rings. The fraction of sp³-hybridized carbons (Fsp3) is 0.375. The van der Waals surface area contributed by atoms with Crippen molar-refractivity contribution in [3.63, 3.8) is 0 Å². The zero-order valence-corrected chi connectivity index (χ0v) is 18.9. The number of nitrogens with one attached hydrogen (secondary N) is 2. The predicted octanol–water partition coefficient (Wildman–Crippen LogP) is 2.92. The number of ether oxygens (including phenoxy) is 3. The summed E-state index contributed by atoms with van der Waals surface area (Å²) < 4.78 is 18.3. The van der Waals surface area contributed by atoms with Gasteiger partial charge in [-0.3, -0.25) is 0 Å². The van der Waals surface area contributed by atoms with Gasteiger partial charge in [-0.05, 0) is 37.1 Å². The summed E-state index contributed by atoms with van der Waals surface area (Å²) in [5.41, 5.74) is 2.54. The Labute approximate surface area is 191 Å². The minimum Gasteiger partial charge on any atom is -0.497 e. The molecule has 2 aromatic heterocycles. The maximum Gasteiger partial charge on any atom is 0.226 e. The van der Waals surface area contributed by atoms with Crippen LogP contribution in [0, 0.1) is 0 Å². The Morgan fingerprint density at radius 2 is 1.91 bits per heavy atom. The van der Waals surface area contributed by atoms with Gasteiger partial charge in [-0.1, -0.05) is 6.07 Å². The van der Waals surface area contributed by atoms with Gasteiger partial charge in [0.15, 0.2) is 11.5 Å². The molecule has 0 atom stereocenters. The Morgan fingerprint density at radius 3 is 2.64 bits per heavy atom. The molecular formula is C24H26N6O3. The SMILES string of the molecule is COc1ccc(CNc2nc3c(OC)cccc3c3nc(C45CNC(C4)C5)nn23)c(OC)c1. The number of benzene rings is 2. The van der Waals surface area contributed by atoms with E-state index in [-0.39, 0.29) is 5.41 Å². The van der Waals surface area contributed by atoms with Gasteiger partial charge in [-0.2, -0.15) is 4.52 Å². The maximum absolute atomic E-state index is 5.60. The molecule has 0 unspecified atom stereocenters. The number of hydrogen-bond donors (Lipinski definition) is 2. The average Bonchev–Trinajstić information content (AvgIpc) is 3.56. The first-order chi connectivity index (χ1) is 16.1. The lowest BCUT2D eigenvalue weighted by Gasteiger charge is -2.33. The highest BCUT2D eigenvalue weighted by Gasteiger charge is 2.54. The number of hydrogen-bond acceptors (Lipinski definition) is 8. The summed E-state index contributed by atoms with van der Waals surface area (Å²) in [7, 11) is 4.95. The third-order valence-electron chi connectivity index (χ3n) is 6.89. The molecule has 33 heavy (non-hydrogen) atoms. The van der Waals surface area contributed by atoms with Gasteiger partial charge in [0.25, 0.3) is 0 Å². The van der Waals surface area contributed by atoms with Crippen LogP contribution in [-0.2, 0) is 12.0 Å². The quantitative estimate of drug-likeness (QED) is 0.448. The average molecular weight is 447 g/mol. The van der Waals surface area contributed by atoms with Crippen LogP contribution in [-0.4, -0.2) is 53.5 Å². The lowest BCUT2D eigenvalue weighted by atomic mass is 9.70. The summed E-state index contributed by atoms with van der Waals surface area (Å²) in [6.07, 6.45) is 2.18. The highest BCUT2D eigenvalue weighted by Crippen LogP contribution is 2.47. The zero-order chi connectivity index (χ0) is 22.6. The highest BCUT2D eigenvalue weighted by atomic mass is 16.5. The first-order valence-corrected chi connectivity index (χ1v) is 11.1. The summed E-state index contributed by atoms with van der Waals surface area (Å²) in [5.74, 6) is 3.68. The number of nitrogens with zero attached hydrogens (tertiary/aromatic N) is 4. The monoisotopic (exact) mass is 446 g/mol. The van der Waals surface area contributed by atoms with Crippen LogP contribution >= 0.6 is 0 Å². The maximum atomic E-state index is 5.60. The minimum absolute atomic E-state index is 0.0261. The molecule has 1 saturated carbocycles. The van der Waals surface area contributed by atoms with Gasteiger partial charge in [0.2, 0.25) is 5.95 Å². The molecule has 3 aliphatic rings. The molecule has 2 saturated heterocycles. The number of fused-ring (bicyclic) bond motifs is 4. The molecule has 2 aliphatic heterocycles. The van der Waals surface area contributed by atoms with E-state index in [2.05, 4.69) is 10.6 Å². The minimum atomic E-state index is 0.0261. The topological polar surface area (TPSA) is 94.8 Å². The number of para-hydroxylation sites is 1. The molecule has 3 fully saturated rings. The summed E-state index contributed by atoms with van der Waals surface area (Å²) in [4.78, 5) is 9.91. The van der Waals surface area contributed by atoms with Gasteiger partial charge >= 0.3 is 0 Å². The van der Waals surface area contributed by atoms with Crippen LogP contribution in [0.15, 0.2) is 36.4 Å². The van der Waals surface area contributed by atoms with Crippen LogP contribution in [0.4, 0.5) is 5.95 Å². The first-order valence-electron chi connectivity index (χ1n) is 11.1. The summed E-state index contributed by atoms with van der Waals surface area (Å²) in [6.45, 7) is 1.43. The molecule has 9 heteroatoms. The van der Waals surface area contributed by atoms with Gasteiger partial charge in [0, 0.05) is 41.6 Å². The molecule has 170 valence electrons. The fourth-order valence-electron chi connectivity index (χ4n) is 5.05. The Balaban J connectivity index is 1.45. The molecule has 7 rings (SSSR count). The zero-order valence-electron chi connectivity index (χ0n) is 18.9. The van der Waals surface area contributed by atoms with Crippen LogP contribution in [0.5, 0.6) is 17.2 Å². The van der Waals surface area contributed by atoms with Gasteiger partial charge in [0.1, 0.15) is 22.8 Å². The van der Waals surface area contributed by atoms with Crippen LogP contribution in [0.2, 0.25) is 0 Å². The van der Waals surface area contributed by atoms with E-state index in [1.807, 2.05) is 40.9 Å². The summed E-state index contributed by atoms with van der Waals surface area (Å²) in [5, 5.41) is 12.9. The van der Waals surface area contributed by atoms with Crippen molar-refractivity contribution in [2.45, 2.75) is 30.8 Å². The van der Waals surface area contributed by atoms with E-state index in [1.54, 1.807) is 21.3 Å². The Hall–Kier alpha value is -3.59. The molecule has 2 aromatic carbocycles. The Kier molecular flexibility index (Phi) is 4.55. The highest BCUT2D eigenvalue weighted by molar-refractivity contribution is 5.96. The second kappa shape index (κ2) is 7.48. The Morgan fingerprint density at radius 1 is 1.06 bits per heavy atom. The third-order valence-corrected chi connectivity index (χ3v) is 6.89. The van der Waals surface area contributed by atoms with Gasteiger partial charge in [-0.25, -0.2) is 9.97 Å². The third kappa shape index (κ3) is 3.06. The fourth-order valence-corrected chi connectivity index (χ4v) is 5.05. The largest absolute Gasteiger partial charge is 0.497 e. The van der Waals surface area contributed by atoms with Gasteiger partial charge in [0.05, 0.1) is 21.3 Å². The van der Waals surface area contributed by atoms with E-state index in [4.69, 9.17) is 29.3 Å². The molecule has 0 amide bonds. The van der Waals surface area contributed by atoms with Crippen LogP contribution in [0.1, 0.15) is 24.2 Å². The standard InChI is InChI=1S/C24H26N6O3/c1-31-16-8-7-14(19(9-16)33-3)12-25-23-27-20-17(5-4-6-18(20)32-2)21-28-22(29-30(21)23)24-10-15(11-24)26-13-24/h4-9,15,26H,10-13H2,1-3H3,(H,25,27). The van der Waals surface area contributed by atoms with Crippen LogP contribution in [0.25, 0.3) is 16.6 Å². The van der Waals surface area contributed by atoms with Crippen molar-refractivity contribution in [1.29, 1.82) is 0 Å². The van der Waals surface area contributed by atoms with Crippen molar-refractivity contribution in [1.82, 2.24) is 24.9 Å². The van der Waals surface area contributed by atoms with E-state index in [9.17, 15) is 0 Å². The van der Waals surface area contributed by atoms with E-state index < -0.39 is 0 Å². The first kappa shape index (κ1) is 20.0. The van der Waals surface area contributed by atoms with Crippen molar-refractivity contribution in [2.24, 2.45) is 0 Å². The normalized spacial score (nSPS) is 21.2. The van der Waals surface area contributed by atoms with E-state index in [1.165, 1.54) is 0 Å². The summed E-state index contributed by atoms with van der Waals surface area (Å²) in [6, 6.07) is 12.2. The number of aromatic nitrogens is 4. The molecule has 4 heterocycles. The van der Waals surface area contributed by atoms with E-state index >= 15 is 0 Å². The molecule has 9 nitrogen and oxygen atoms in total. The second-order valence-electron chi connectivity index (χ2n) is 8.76. The second-order valence-corrected chi connectivity index (χ2v) is 8.76. The molecule has 0 radical (unpaired) electrons. The van der Waals surface area contributed by atoms with Crippen molar-refractivity contribution < 1.29 is 14.2 Å². The molecule has 2 N–H and O–H groups in total. The van der Waals surface area contributed by atoms with Crippen LogP contribution in [0.3, 0.4) is 0 Å². The molecule has 0 spiro atoms.